The summed E-state index contributed by atoms with van der Waals surface area (Å²) in [6.07, 6.45) is 0. The molecule has 0 aliphatic carbocycles. The van der Waals surface area contributed by atoms with Crippen molar-refractivity contribution in [1.29, 1.82) is 0 Å². The zero-order valence-electron chi connectivity index (χ0n) is 20.8. The molecule has 1 fully saturated rings. The van der Waals surface area contributed by atoms with E-state index in [1.165, 1.54) is 57.7 Å². The average molecular weight is 511 g/mol. The van der Waals surface area contributed by atoms with E-state index < -0.39 is 11.7 Å². The molecule has 0 bridgehead atoms. The Bertz CT molecular complexity index is 1240. The molecule has 1 aliphatic rings. The summed E-state index contributed by atoms with van der Waals surface area (Å²) in [6, 6.07) is 14.7. The minimum atomic E-state index is -0.590. The van der Waals surface area contributed by atoms with E-state index in [1.807, 2.05) is 0 Å². The summed E-state index contributed by atoms with van der Waals surface area (Å²) in [5.41, 5.74) is 1.82. The number of hydrogen-bond donors (Lipinski definition) is 1. The number of methoxy groups -OCH3 is 3. The Kier molecular flexibility index (Phi) is 7.91. The summed E-state index contributed by atoms with van der Waals surface area (Å²) >= 11 is 0. The molecular formula is C28H28F2N2O5. The normalized spacial score (nSPS) is 16.8. The first-order valence-electron chi connectivity index (χ1n) is 11.7. The highest BCUT2D eigenvalue weighted by Gasteiger charge is 2.41. The SMILES string of the molecule is COc1cc(C2CN(C(=O)c3ccc(F)cc3)CC2C(=O)NCc2ccc(F)cc2)cc(OC)c1OC. The molecule has 0 spiro atoms. The second-order valence-electron chi connectivity index (χ2n) is 8.73. The number of carbonyl (C=O) groups is 2. The third-order valence-corrected chi connectivity index (χ3v) is 6.53. The zero-order valence-corrected chi connectivity index (χ0v) is 20.8. The van der Waals surface area contributed by atoms with Crippen LogP contribution in [-0.2, 0) is 11.3 Å². The van der Waals surface area contributed by atoms with E-state index in [9.17, 15) is 18.4 Å². The van der Waals surface area contributed by atoms with Gasteiger partial charge in [-0.05, 0) is 59.7 Å². The van der Waals surface area contributed by atoms with Crippen molar-refractivity contribution in [2.24, 2.45) is 5.92 Å². The Balaban J connectivity index is 1.64. The first-order chi connectivity index (χ1) is 17.8. The lowest BCUT2D eigenvalue weighted by Crippen LogP contribution is -2.35. The van der Waals surface area contributed by atoms with Gasteiger partial charge in [-0.3, -0.25) is 9.59 Å². The van der Waals surface area contributed by atoms with Gasteiger partial charge >= 0.3 is 0 Å². The molecule has 2 unspecified atom stereocenters. The number of hydrogen-bond acceptors (Lipinski definition) is 5. The van der Waals surface area contributed by atoms with Gasteiger partial charge < -0.3 is 24.4 Å². The van der Waals surface area contributed by atoms with Crippen LogP contribution >= 0.6 is 0 Å². The summed E-state index contributed by atoms with van der Waals surface area (Å²) < 4.78 is 43.1. The molecule has 1 heterocycles. The molecule has 0 saturated carbocycles. The molecule has 1 N–H and O–H groups in total. The van der Waals surface area contributed by atoms with E-state index in [0.29, 0.717) is 22.8 Å². The molecule has 2 amide bonds. The first-order valence-corrected chi connectivity index (χ1v) is 11.7. The lowest BCUT2D eigenvalue weighted by atomic mass is 9.87. The van der Waals surface area contributed by atoms with Crippen LogP contribution in [0.25, 0.3) is 0 Å². The van der Waals surface area contributed by atoms with Gasteiger partial charge in [-0.1, -0.05) is 12.1 Å². The third kappa shape index (κ3) is 5.66. The second kappa shape index (κ2) is 11.3. The van der Waals surface area contributed by atoms with E-state index in [2.05, 4.69) is 5.32 Å². The van der Waals surface area contributed by atoms with E-state index in [-0.39, 0.29) is 43.2 Å². The van der Waals surface area contributed by atoms with Gasteiger partial charge in [-0.2, -0.15) is 0 Å². The molecule has 194 valence electrons. The summed E-state index contributed by atoms with van der Waals surface area (Å²) in [5.74, 6) is -1.03. The minimum absolute atomic E-state index is 0.160. The Hall–Kier alpha value is -4.14. The highest BCUT2D eigenvalue weighted by molar-refractivity contribution is 5.95. The lowest BCUT2D eigenvalue weighted by molar-refractivity contribution is -0.125. The largest absolute Gasteiger partial charge is 0.493 e. The predicted molar refractivity (Wildman–Crippen MR) is 133 cm³/mol. The number of ether oxygens (including phenoxy) is 3. The number of nitrogens with one attached hydrogen (secondary N) is 1. The molecule has 3 aromatic rings. The van der Waals surface area contributed by atoms with Crippen LogP contribution < -0.4 is 19.5 Å². The fourth-order valence-corrected chi connectivity index (χ4v) is 4.59. The number of amides is 2. The van der Waals surface area contributed by atoms with Crippen molar-refractivity contribution < 1.29 is 32.6 Å². The van der Waals surface area contributed by atoms with Gasteiger partial charge in [-0.15, -0.1) is 0 Å². The zero-order chi connectivity index (χ0) is 26.5. The van der Waals surface area contributed by atoms with Crippen LogP contribution in [0.3, 0.4) is 0 Å². The fourth-order valence-electron chi connectivity index (χ4n) is 4.59. The van der Waals surface area contributed by atoms with E-state index >= 15 is 0 Å². The van der Waals surface area contributed by atoms with Crippen LogP contribution in [0.5, 0.6) is 17.2 Å². The Morgan fingerprint density at radius 3 is 1.97 bits per heavy atom. The van der Waals surface area contributed by atoms with Crippen LogP contribution in [0.15, 0.2) is 60.7 Å². The topological polar surface area (TPSA) is 77.1 Å². The number of carbonyl (C=O) groups excluding carboxylic acids is 2. The van der Waals surface area contributed by atoms with Crippen molar-refractivity contribution in [1.82, 2.24) is 10.2 Å². The molecule has 37 heavy (non-hydrogen) atoms. The summed E-state index contributed by atoms with van der Waals surface area (Å²) in [7, 11) is 4.52. The number of halogens is 2. The molecule has 7 nitrogen and oxygen atoms in total. The van der Waals surface area contributed by atoms with Gasteiger partial charge in [0, 0.05) is 31.1 Å². The highest BCUT2D eigenvalue weighted by Crippen LogP contribution is 2.43. The smallest absolute Gasteiger partial charge is 0.253 e. The molecule has 0 aromatic heterocycles. The maximum atomic E-state index is 13.4. The number of benzene rings is 3. The molecule has 1 saturated heterocycles. The van der Waals surface area contributed by atoms with Crippen molar-refractivity contribution in [3.8, 4) is 17.2 Å². The molecule has 3 aromatic carbocycles. The Morgan fingerprint density at radius 1 is 0.865 bits per heavy atom. The second-order valence-corrected chi connectivity index (χ2v) is 8.73. The van der Waals surface area contributed by atoms with E-state index in [1.54, 1.807) is 29.2 Å². The van der Waals surface area contributed by atoms with Crippen LogP contribution in [0.1, 0.15) is 27.4 Å². The van der Waals surface area contributed by atoms with Gasteiger partial charge in [0.1, 0.15) is 11.6 Å². The van der Waals surface area contributed by atoms with E-state index in [4.69, 9.17) is 14.2 Å². The average Bonchev–Trinajstić information content (AvgIpc) is 3.37. The number of likely N-dealkylation sites (tertiary alicyclic amines) is 1. The van der Waals surface area contributed by atoms with Crippen LogP contribution in [0, 0.1) is 17.6 Å². The summed E-state index contributed by atoms with van der Waals surface area (Å²) in [6.45, 7) is 0.625. The van der Waals surface area contributed by atoms with Gasteiger partial charge in [-0.25, -0.2) is 8.78 Å². The van der Waals surface area contributed by atoms with Crippen molar-refractivity contribution in [2.75, 3.05) is 34.4 Å². The number of rotatable bonds is 8. The third-order valence-electron chi connectivity index (χ3n) is 6.53. The quantitative estimate of drug-likeness (QED) is 0.493. The van der Waals surface area contributed by atoms with E-state index in [0.717, 1.165) is 11.1 Å². The maximum Gasteiger partial charge on any atom is 0.253 e. The Morgan fingerprint density at radius 2 is 1.43 bits per heavy atom. The predicted octanol–water partition coefficient (Wildman–Crippen LogP) is 4.16. The maximum absolute atomic E-state index is 13.4. The van der Waals surface area contributed by atoms with Crippen LogP contribution in [0.4, 0.5) is 8.78 Å². The van der Waals surface area contributed by atoms with Crippen LogP contribution in [0.2, 0.25) is 0 Å². The molecule has 0 radical (unpaired) electrons. The molecule has 1 aliphatic heterocycles. The molecule has 2 atom stereocenters. The fraction of sp³-hybridized carbons (Fsp3) is 0.286. The number of nitrogens with zero attached hydrogens (tertiary/aromatic N) is 1. The van der Waals surface area contributed by atoms with Gasteiger partial charge in [0.25, 0.3) is 5.91 Å². The first kappa shape index (κ1) is 25.9. The van der Waals surface area contributed by atoms with Crippen molar-refractivity contribution in [2.45, 2.75) is 12.5 Å². The monoisotopic (exact) mass is 510 g/mol. The van der Waals surface area contributed by atoms with Gasteiger partial charge in [0.15, 0.2) is 11.5 Å². The van der Waals surface area contributed by atoms with Gasteiger partial charge in [0.05, 0.1) is 27.2 Å². The Labute approximate surface area is 213 Å². The lowest BCUT2D eigenvalue weighted by Gasteiger charge is -2.21. The molecule has 9 heteroatoms. The van der Waals surface area contributed by atoms with Crippen LogP contribution in [-0.4, -0.2) is 51.1 Å². The van der Waals surface area contributed by atoms with Crippen molar-refractivity contribution in [3.63, 3.8) is 0 Å². The minimum Gasteiger partial charge on any atom is -0.493 e. The van der Waals surface area contributed by atoms with Gasteiger partial charge in [0.2, 0.25) is 11.7 Å². The molecule has 4 rings (SSSR count). The van der Waals surface area contributed by atoms with Crippen molar-refractivity contribution >= 4 is 11.8 Å². The summed E-state index contributed by atoms with van der Waals surface area (Å²) in [5, 5.41) is 2.91. The van der Waals surface area contributed by atoms with Crippen molar-refractivity contribution in [3.05, 3.63) is 89.0 Å². The highest BCUT2D eigenvalue weighted by atomic mass is 19.1. The summed E-state index contributed by atoms with van der Waals surface area (Å²) in [4.78, 5) is 28.2. The standard InChI is InChI=1S/C28H28F2N2O5/c1-35-24-12-19(13-25(36-2)26(24)37-3)22-15-32(28(34)18-6-10-21(30)11-7-18)16-23(22)27(33)31-14-17-4-8-20(29)9-5-17/h4-13,22-23H,14-16H2,1-3H3,(H,31,33). The molecular weight excluding hydrogens is 482 g/mol.